The monoisotopic (exact) mass is 411 g/mol. The average Bonchev–Trinajstić information content (AvgIpc) is 3.42. The molecule has 5 aromatic rings. The highest BCUT2D eigenvalue weighted by Gasteiger charge is 2.18. The van der Waals surface area contributed by atoms with Crippen LogP contribution < -0.4 is 5.32 Å². The second-order valence-corrected chi connectivity index (χ2v) is 6.95. The van der Waals surface area contributed by atoms with Crippen LogP contribution in [0.1, 0.15) is 16.2 Å². The number of aryl methyl sites for hydroxylation is 1. The van der Waals surface area contributed by atoms with Gasteiger partial charge in [-0.1, -0.05) is 6.07 Å². The second-order valence-electron chi connectivity index (χ2n) is 6.95. The molecule has 0 fully saturated rings. The van der Waals surface area contributed by atoms with Crippen molar-refractivity contribution in [1.29, 1.82) is 0 Å². The molecule has 0 aliphatic carbocycles. The number of anilines is 1. The van der Waals surface area contributed by atoms with E-state index in [1.54, 1.807) is 27.4 Å². The van der Waals surface area contributed by atoms with Crippen molar-refractivity contribution >= 4 is 17.2 Å². The number of pyridine rings is 2. The lowest BCUT2D eigenvalue weighted by Gasteiger charge is -2.07. The number of benzene rings is 1. The molecule has 4 heterocycles. The number of carbonyl (C=O) groups is 1. The fourth-order valence-electron chi connectivity index (χ4n) is 3.23. The van der Waals surface area contributed by atoms with Crippen LogP contribution in [0.3, 0.4) is 0 Å². The summed E-state index contributed by atoms with van der Waals surface area (Å²) in [4.78, 5) is 21.6. The predicted octanol–water partition coefficient (Wildman–Crippen LogP) is 3.24. The molecular formula is C22H17N7O2. The van der Waals surface area contributed by atoms with E-state index in [1.165, 1.54) is 18.5 Å². The third-order valence-electron chi connectivity index (χ3n) is 4.73. The molecular weight excluding hydrogens is 394 g/mol. The van der Waals surface area contributed by atoms with E-state index in [2.05, 4.69) is 25.5 Å². The molecule has 2 N–H and O–H groups in total. The number of carbonyl (C=O) groups excluding carboxylic acids is 1. The van der Waals surface area contributed by atoms with Gasteiger partial charge in [-0.3, -0.25) is 4.79 Å². The lowest BCUT2D eigenvalue weighted by molar-refractivity contribution is 0.102. The molecule has 0 radical (unpaired) electrons. The van der Waals surface area contributed by atoms with Crippen LogP contribution in [0, 0.1) is 6.92 Å². The number of aromatic nitrogens is 6. The van der Waals surface area contributed by atoms with Gasteiger partial charge in [-0.25, -0.2) is 19.2 Å². The molecule has 1 amide bonds. The second kappa shape index (κ2) is 7.38. The summed E-state index contributed by atoms with van der Waals surface area (Å²) in [6.45, 7) is 1.90. The van der Waals surface area contributed by atoms with Gasteiger partial charge in [0.2, 0.25) is 0 Å². The van der Waals surface area contributed by atoms with Gasteiger partial charge >= 0.3 is 0 Å². The number of nitrogens with one attached hydrogen (secondary N) is 1. The molecule has 5 rings (SSSR count). The zero-order chi connectivity index (χ0) is 21.4. The van der Waals surface area contributed by atoms with Gasteiger partial charge in [0.15, 0.2) is 17.2 Å². The Kier molecular flexibility index (Phi) is 4.40. The van der Waals surface area contributed by atoms with Gasteiger partial charge in [-0.15, -0.1) is 0 Å². The summed E-state index contributed by atoms with van der Waals surface area (Å²) < 4.78 is 3.30. The predicted molar refractivity (Wildman–Crippen MR) is 114 cm³/mol. The van der Waals surface area contributed by atoms with Crippen molar-refractivity contribution in [3.05, 3.63) is 84.6 Å². The minimum absolute atomic E-state index is 0.124. The fourth-order valence-corrected chi connectivity index (χ4v) is 3.23. The molecule has 9 heteroatoms. The molecule has 0 saturated carbocycles. The molecule has 152 valence electrons. The van der Waals surface area contributed by atoms with E-state index in [4.69, 9.17) is 0 Å². The summed E-state index contributed by atoms with van der Waals surface area (Å²) in [6.07, 6.45) is 3.31. The lowest BCUT2D eigenvalue weighted by Crippen LogP contribution is -2.13. The number of phenols is 1. The third-order valence-corrected chi connectivity index (χ3v) is 4.73. The van der Waals surface area contributed by atoms with Crippen molar-refractivity contribution < 1.29 is 9.90 Å². The van der Waals surface area contributed by atoms with Crippen LogP contribution in [0.2, 0.25) is 0 Å². The van der Waals surface area contributed by atoms with Crippen LogP contribution in [0.4, 0.5) is 5.69 Å². The molecule has 0 atom stereocenters. The number of fused-ring (bicyclic) bond motifs is 1. The lowest BCUT2D eigenvalue weighted by atomic mass is 10.2. The maximum Gasteiger partial charge on any atom is 0.276 e. The van der Waals surface area contributed by atoms with Crippen molar-refractivity contribution in [2.45, 2.75) is 6.92 Å². The van der Waals surface area contributed by atoms with Gasteiger partial charge in [0, 0.05) is 23.1 Å². The molecule has 4 aromatic heterocycles. The molecule has 0 bridgehead atoms. The van der Waals surface area contributed by atoms with Gasteiger partial charge in [-0.2, -0.15) is 10.2 Å². The van der Waals surface area contributed by atoms with Gasteiger partial charge in [-0.05, 0) is 61.5 Å². The number of rotatable bonds is 4. The van der Waals surface area contributed by atoms with E-state index in [0.29, 0.717) is 22.8 Å². The van der Waals surface area contributed by atoms with E-state index in [9.17, 15) is 9.90 Å². The van der Waals surface area contributed by atoms with Gasteiger partial charge < -0.3 is 10.4 Å². The summed E-state index contributed by atoms with van der Waals surface area (Å²) in [5.41, 5.74) is 3.82. The largest absolute Gasteiger partial charge is 0.508 e. The van der Waals surface area contributed by atoms with Gasteiger partial charge in [0.25, 0.3) is 5.91 Å². The highest BCUT2D eigenvalue weighted by molar-refractivity contribution is 6.03. The molecule has 0 spiro atoms. The number of aromatic hydroxyl groups is 1. The number of nitrogens with zero attached hydrogens (tertiary/aromatic N) is 6. The van der Waals surface area contributed by atoms with E-state index in [-0.39, 0.29) is 17.4 Å². The first-order valence-electron chi connectivity index (χ1n) is 9.51. The Balaban J connectivity index is 1.59. The van der Waals surface area contributed by atoms with Crippen molar-refractivity contribution in [3.63, 3.8) is 0 Å². The van der Waals surface area contributed by atoms with Crippen molar-refractivity contribution in [3.8, 4) is 22.8 Å². The van der Waals surface area contributed by atoms with Crippen LogP contribution in [-0.4, -0.2) is 40.4 Å². The summed E-state index contributed by atoms with van der Waals surface area (Å²) in [5, 5.41) is 20.9. The Morgan fingerprint density at radius 1 is 1.06 bits per heavy atom. The van der Waals surface area contributed by atoms with Crippen molar-refractivity contribution in [2.24, 2.45) is 0 Å². The van der Waals surface area contributed by atoms with Crippen LogP contribution in [0.25, 0.3) is 22.7 Å². The topological polar surface area (TPSA) is 110 Å². The Morgan fingerprint density at radius 2 is 1.90 bits per heavy atom. The quantitative estimate of drug-likeness (QED) is 0.439. The number of hydrogen-bond donors (Lipinski definition) is 2. The smallest absolute Gasteiger partial charge is 0.276 e. The summed E-state index contributed by atoms with van der Waals surface area (Å²) in [5.74, 6) is 0.344. The zero-order valence-electron chi connectivity index (χ0n) is 16.5. The first kappa shape index (κ1) is 18.5. The Bertz CT molecular complexity index is 1400. The van der Waals surface area contributed by atoms with Crippen molar-refractivity contribution in [1.82, 2.24) is 29.4 Å². The first-order chi connectivity index (χ1) is 15.1. The van der Waals surface area contributed by atoms with Crippen LogP contribution >= 0.6 is 0 Å². The first-order valence-corrected chi connectivity index (χ1v) is 9.51. The minimum atomic E-state index is -0.375. The molecule has 0 aliphatic heterocycles. The maximum absolute atomic E-state index is 12.9. The molecule has 31 heavy (non-hydrogen) atoms. The summed E-state index contributed by atoms with van der Waals surface area (Å²) >= 11 is 0. The van der Waals surface area contributed by atoms with Gasteiger partial charge in [0.05, 0.1) is 5.69 Å². The number of hydrogen-bond acceptors (Lipinski definition) is 6. The SMILES string of the molecule is Cc1cccc(-n2nc(C(=O)Nc3ccc(O)cc3)cc2-c2ccc3ncnn3c2)n1. The Morgan fingerprint density at radius 3 is 2.71 bits per heavy atom. The molecule has 9 nitrogen and oxygen atoms in total. The van der Waals surface area contributed by atoms with E-state index >= 15 is 0 Å². The van der Waals surface area contributed by atoms with Crippen molar-refractivity contribution in [2.75, 3.05) is 5.32 Å². The third kappa shape index (κ3) is 3.60. The molecule has 0 aliphatic rings. The minimum Gasteiger partial charge on any atom is -0.508 e. The van der Waals surface area contributed by atoms with E-state index in [1.807, 2.05) is 43.5 Å². The normalized spacial score (nSPS) is 11.0. The molecule has 0 saturated heterocycles. The number of amides is 1. The highest BCUT2D eigenvalue weighted by Crippen LogP contribution is 2.24. The Labute approximate surface area is 176 Å². The highest BCUT2D eigenvalue weighted by atomic mass is 16.3. The van der Waals surface area contributed by atoms with E-state index < -0.39 is 0 Å². The summed E-state index contributed by atoms with van der Waals surface area (Å²) in [6, 6.07) is 17.3. The van der Waals surface area contributed by atoms with E-state index in [0.717, 1.165) is 11.3 Å². The van der Waals surface area contributed by atoms with Crippen LogP contribution in [0.5, 0.6) is 5.75 Å². The average molecular weight is 411 g/mol. The molecule has 1 aromatic carbocycles. The maximum atomic E-state index is 12.9. The van der Waals surface area contributed by atoms with Crippen LogP contribution in [0.15, 0.2) is 73.2 Å². The fraction of sp³-hybridized carbons (Fsp3) is 0.0455. The van der Waals surface area contributed by atoms with Gasteiger partial charge in [0.1, 0.15) is 12.1 Å². The molecule has 0 unspecified atom stereocenters. The van der Waals surface area contributed by atoms with Crippen LogP contribution in [-0.2, 0) is 0 Å². The zero-order valence-corrected chi connectivity index (χ0v) is 16.5. The number of phenolic OH excluding ortho intramolecular Hbond substituents is 1. The Hall–Kier alpha value is -4.53. The summed E-state index contributed by atoms with van der Waals surface area (Å²) in [7, 11) is 0. The standard InChI is InChI=1S/C22H17N7O2/c1-14-3-2-4-21(25-14)29-19(15-5-10-20-23-13-24-28(20)12-15)11-18(27-29)22(31)26-16-6-8-17(30)9-7-16/h2-13,30H,1H3,(H,26,31).